The van der Waals surface area contributed by atoms with Crippen molar-refractivity contribution in [2.45, 2.75) is 0 Å². The predicted molar refractivity (Wildman–Crippen MR) is 320 cm³/mol. The second-order valence-electron chi connectivity index (χ2n) is 19.3. The summed E-state index contributed by atoms with van der Waals surface area (Å²) in [5, 5.41) is 11.3. The van der Waals surface area contributed by atoms with Crippen molar-refractivity contribution in [2.75, 3.05) is 0 Å². The fourth-order valence-electron chi connectivity index (χ4n) is 11.3. The number of aromatic nitrogens is 6. The molecule has 3 aromatic heterocycles. The molecule has 0 saturated heterocycles. The van der Waals surface area contributed by atoms with Crippen LogP contribution in [0.3, 0.4) is 0 Å². The van der Waals surface area contributed by atoms with Gasteiger partial charge in [-0.05, 0) is 71.9 Å². The Labute approximate surface area is 447 Å². The van der Waals surface area contributed by atoms with E-state index in [1.807, 2.05) is 84.1 Å². The molecule has 0 amide bonds. The van der Waals surface area contributed by atoms with Crippen LogP contribution >= 0.6 is 11.3 Å². The Morgan fingerprint density at radius 2 is 0.519 bits per heavy atom. The third-order valence-electron chi connectivity index (χ3n) is 14.8. The van der Waals surface area contributed by atoms with Gasteiger partial charge in [0.1, 0.15) is 0 Å². The van der Waals surface area contributed by atoms with Crippen molar-refractivity contribution < 1.29 is 0 Å². The zero-order chi connectivity index (χ0) is 50.8. The van der Waals surface area contributed by atoms with Gasteiger partial charge in [0.05, 0.1) is 0 Å². The van der Waals surface area contributed by atoms with Crippen LogP contribution in [0.1, 0.15) is 0 Å². The average Bonchev–Trinajstić information content (AvgIpc) is 3.99. The van der Waals surface area contributed by atoms with E-state index < -0.39 is 0 Å². The number of hydrogen-bond acceptors (Lipinski definition) is 7. The fourth-order valence-corrected chi connectivity index (χ4v) is 12.5. The molecule has 0 aliphatic carbocycles. The lowest BCUT2D eigenvalue weighted by Crippen LogP contribution is -2.01. The highest BCUT2D eigenvalue weighted by atomic mass is 32.1. The number of rotatable bonds is 8. The van der Waals surface area contributed by atoms with Crippen molar-refractivity contribution in [2.24, 2.45) is 0 Å². The van der Waals surface area contributed by atoms with Crippen LogP contribution in [0.4, 0.5) is 0 Å². The molecule has 358 valence electrons. The van der Waals surface area contributed by atoms with Crippen LogP contribution in [-0.2, 0) is 0 Å². The molecule has 0 spiro atoms. The van der Waals surface area contributed by atoms with Crippen LogP contribution in [-0.4, -0.2) is 29.9 Å². The Balaban J connectivity index is 0.922. The quantitative estimate of drug-likeness (QED) is 0.141. The molecule has 0 bridgehead atoms. The van der Waals surface area contributed by atoms with Crippen LogP contribution in [0.5, 0.6) is 0 Å². The summed E-state index contributed by atoms with van der Waals surface area (Å²) in [4.78, 5) is 31.2. The van der Waals surface area contributed by atoms with E-state index in [0.717, 1.165) is 82.0 Å². The van der Waals surface area contributed by atoms with Gasteiger partial charge in [-0.3, -0.25) is 0 Å². The maximum absolute atomic E-state index is 5.27. The van der Waals surface area contributed by atoms with Gasteiger partial charge < -0.3 is 0 Å². The Bertz CT molecular complexity index is 4560. The first kappa shape index (κ1) is 44.4. The van der Waals surface area contributed by atoms with Crippen molar-refractivity contribution in [3.63, 3.8) is 0 Å². The molecule has 15 rings (SSSR count). The maximum atomic E-state index is 5.27. The summed E-state index contributed by atoms with van der Waals surface area (Å²) in [7, 11) is 0. The van der Waals surface area contributed by atoms with Gasteiger partial charge >= 0.3 is 0 Å². The summed E-state index contributed by atoms with van der Waals surface area (Å²) >= 11 is 1.85. The van der Waals surface area contributed by atoms with Gasteiger partial charge in [-0.1, -0.05) is 243 Å². The Kier molecular flexibility index (Phi) is 10.6. The van der Waals surface area contributed by atoms with Crippen molar-refractivity contribution in [1.82, 2.24) is 29.9 Å². The lowest BCUT2D eigenvalue weighted by Gasteiger charge is -2.18. The molecule has 7 heteroatoms. The normalized spacial score (nSPS) is 11.6. The number of nitrogens with zero attached hydrogens (tertiary/aromatic N) is 6. The van der Waals surface area contributed by atoms with Crippen LogP contribution in [0.15, 0.2) is 255 Å². The summed E-state index contributed by atoms with van der Waals surface area (Å²) in [6.45, 7) is 0. The minimum absolute atomic E-state index is 0.635. The first-order valence-electron chi connectivity index (χ1n) is 25.8. The van der Waals surface area contributed by atoms with Gasteiger partial charge in [-0.15, -0.1) is 11.3 Å². The van der Waals surface area contributed by atoms with Crippen LogP contribution in [0.2, 0.25) is 0 Å². The second-order valence-corrected chi connectivity index (χ2v) is 20.3. The van der Waals surface area contributed by atoms with Crippen LogP contribution in [0, 0.1) is 0 Å². The summed E-state index contributed by atoms with van der Waals surface area (Å²) < 4.78 is 2.47. The number of thiophene rings is 1. The zero-order valence-electron chi connectivity index (χ0n) is 41.3. The van der Waals surface area contributed by atoms with E-state index in [4.69, 9.17) is 29.9 Å². The first-order valence-corrected chi connectivity index (χ1v) is 26.6. The molecular weight excluding hydrogens is 957 g/mol. The van der Waals surface area contributed by atoms with Gasteiger partial charge in [0.15, 0.2) is 34.9 Å². The molecule has 0 aliphatic heterocycles. The van der Waals surface area contributed by atoms with Crippen molar-refractivity contribution in [3.05, 3.63) is 255 Å². The van der Waals surface area contributed by atoms with Gasteiger partial charge in [0.25, 0.3) is 0 Å². The largest absolute Gasteiger partial charge is 0.208 e. The van der Waals surface area contributed by atoms with Crippen LogP contribution < -0.4 is 0 Å². The Hall–Kier alpha value is -10.1. The Morgan fingerprint density at radius 3 is 0.896 bits per heavy atom. The highest BCUT2D eigenvalue weighted by Gasteiger charge is 2.24. The summed E-state index contributed by atoms with van der Waals surface area (Å²) in [6, 6.07) is 89.5. The average molecular weight is 999 g/mol. The molecule has 0 unspecified atom stereocenters. The zero-order valence-corrected chi connectivity index (χ0v) is 42.2. The molecule has 15 aromatic rings. The molecule has 0 radical (unpaired) electrons. The minimum atomic E-state index is 0.635. The monoisotopic (exact) mass is 998 g/mol. The van der Waals surface area contributed by atoms with Gasteiger partial charge in [0.2, 0.25) is 0 Å². The Morgan fingerprint density at radius 1 is 0.208 bits per heavy atom. The summed E-state index contributed by atoms with van der Waals surface area (Å²) in [6.07, 6.45) is 0. The molecule has 0 atom stereocenters. The van der Waals surface area contributed by atoms with Gasteiger partial charge in [0, 0.05) is 59.1 Å². The molecule has 12 aromatic carbocycles. The highest BCUT2D eigenvalue weighted by molar-refractivity contribution is 7.26. The van der Waals surface area contributed by atoms with E-state index in [-0.39, 0.29) is 0 Å². The molecule has 3 heterocycles. The third kappa shape index (κ3) is 7.55. The fraction of sp³-hybridized carbons (Fsp3) is 0. The lowest BCUT2D eigenvalue weighted by atomic mass is 9.87. The number of hydrogen-bond donors (Lipinski definition) is 0. The van der Waals surface area contributed by atoms with Gasteiger partial charge in [-0.2, -0.15) is 0 Å². The SMILES string of the molecule is c1ccc(-c2nc(-c3ccccc3)nc(-c3c4ccccc4c(-c4ccc5sc6c(-c7c8ccccc8c(-c8nc(-c9ccccc9)nc(-c9ccccc9)n8)c8ccccc78)cccc6c5c4)c4ccccc34)n2)cc1. The topological polar surface area (TPSA) is 77.3 Å². The van der Waals surface area contributed by atoms with E-state index in [9.17, 15) is 0 Å². The van der Waals surface area contributed by atoms with E-state index in [1.54, 1.807) is 0 Å². The molecule has 6 nitrogen and oxygen atoms in total. The molecule has 77 heavy (non-hydrogen) atoms. The third-order valence-corrected chi connectivity index (χ3v) is 16.0. The maximum Gasteiger partial charge on any atom is 0.165 e. The minimum Gasteiger partial charge on any atom is -0.208 e. The van der Waals surface area contributed by atoms with Crippen molar-refractivity contribution in [3.8, 4) is 90.6 Å². The number of benzene rings is 12. The summed E-state index contributed by atoms with van der Waals surface area (Å²) in [5.41, 5.74) is 10.4. The standard InChI is InChI=1S/C70H42N6S/c1-5-22-43(23-6-1)65-71-66(44-24-7-2-8-25-44)74-69(73-65)62-52-34-17-13-30-48(52)60(49-31-14-18-35-53(49)62)47-40-41-59-58(42-47)56-38-21-39-57(64(56)77-59)61-50-32-15-19-36-54(50)63(55-37-20-16-33-51(55)61)70-75-67(45-26-9-3-10-27-45)72-68(76-70)46-28-11-4-12-29-46/h1-42H. The molecule has 0 saturated carbocycles. The van der Waals surface area contributed by atoms with Crippen LogP contribution in [0.25, 0.3) is 154 Å². The van der Waals surface area contributed by atoms with E-state index in [0.29, 0.717) is 34.9 Å². The highest BCUT2D eigenvalue weighted by Crippen LogP contribution is 2.50. The van der Waals surface area contributed by atoms with Gasteiger partial charge in [-0.25, -0.2) is 29.9 Å². The van der Waals surface area contributed by atoms with Crippen molar-refractivity contribution >= 4 is 74.6 Å². The van der Waals surface area contributed by atoms with Crippen molar-refractivity contribution in [1.29, 1.82) is 0 Å². The number of fused-ring (bicyclic) bond motifs is 7. The second kappa shape index (κ2) is 18.4. The molecular formula is C70H42N6S. The molecule has 0 aliphatic rings. The van der Waals surface area contributed by atoms with E-state index in [2.05, 4.69) is 182 Å². The van der Waals surface area contributed by atoms with E-state index in [1.165, 1.54) is 36.9 Å². The summed E-state index contributed by atoms with van der Waals surface area (Å²) in [5.74, 6) is 3.82. The lowest BCUT2D eigenvalue weighted by molar-refractivity contribution is 1.08. The first-order chi connectivity index (χ1) is 38.2. The molecule has 0 fully saturated rings. The predicted octanol–water partition coefficient (Wildman–Crippen LogP) is 18.4. The molecule has 0 N–H and O–H groups in total. The van der Waals surface area contributed by atoms with E-state index >= 15 is 0 Å². The smallest absolute Gasteiger partial charge is 0.165 e.